The van der Waals surface area contributed by atoms with Crippen molar-refractivity contribution in [1.82, 2.24) is 15.5 Å². The van der Waals surface area contributed by atoms with Gasteiger partial charge in [0.2, 0.25) is 5.91 Å². The standard InChI is InChI=1S/C16H34N4OS.HI/c1-6-14(2)19-16(18-13-15(21)20(3)4)17-11-9-7-8-10-12-22-5;/h14H,6-13H2,1-5H3,(H2,17,18,19);1H. The molecule has 2 N–H and O–H groups in total. The van der Waals surface area contributed by atoms with Gasteiger partial charge >= 0.3 is 0 Å². The van der Waals surface area contributed by atoms with E-state index in [1.807, 2.05) is 11.8 Å². The van der Waals surface area contributed by atoms with Gasteiger partial charge in [-0.2, -0.15) is 11.8 Å². The molecule has 0 aromatic heterocycles. The van der Waals surface area contributed by atoms with Crippen LogP contribution in [-0.2, 0) is 4.79 Å². The molecule has 0 rings (SSSR count). The Morgan fingerprint density at radius 2 is 1.87 bits per heavy atom. The minimum atomic E-state index is 0. The number of hydrogen-bond acceptors (Lipinski definition) is 3. The van der Waals surface area contributed by atoms with E-state index in [-0.39, 0.29) is 36.4 Å². The zero-order chi connectivity index (χ0) is 16.8. The van der Waals surface area contributed by atoms with Gasteiger partial charge in [-0.15, -0.1) is 24.0 Å². The molecule has 0 aliphatic heterocycles. The minimum Gasteiger partial charge on any atom is -0.356 e. The van der Waals surface area contributed by atoms with Crippen LogP contribution in [0.4, 0.5) is 0 Å². The lowest BCUT2D eigenvalue weighted by Crippen LogP contribution is -2.43. The van der Waals surface area contributed by atoms with E-state index in [4.69, 9.17) is 0 Å². The van der Waals surface area contributed by atoms with Crippen molar-refractivity contribution in [3.05, 3.63) is 0 Å². The molecule has 0 saturated heterocycles. The topological polar surface area (TPSA) is 56.7 Å². The highest BCUT2D eigenvalue weighted by atomic mass is 127. The Hall–Kier alpha value is -0.180. The maximum Gasteiger partial charge on any atom is 0.243 e. The second-order valence-corrected chi connectivity index (χ2v) is 6.73. The van der Waals surface area contributed by atoms with Gasteiger partial charge in [-0.25, -0.2) is 4.99 Å². The highest BCUT2D eigenvalue weighted by Crippen LogP contribution is 2.03. The number of aliphatic imine (C=N–C) groups is 1. The van der Waals surface area contributed by atoms with Gasteiger partial charge in [0.05, 0.1) is 0 Å². The Morgan fingerprint density at radius 1 is 1.22 bits per heavy atom. The zero-order valence-corrected chi connectivity index (χ0v) is 18.5. The van der Waals surface area contributed by atoms with Crippen LogP contribution >= 0.6 is 35.7 Å². The quantitative estimate of drug-likeness (QED) is 0.216. The maximum atomic E-state index is 11.6. The van der Waals surface area contributed by atoms with Gasteiger partial charge in [0.15, 0.2) is 5.96 Å². The third-order valence-electron chi connectivity index (χ3n) is 3.43. The molecule has 1 atom stereocenters. The normalized spacial score (nSPS) is 12.3. The van der Waals surface area contributed by atoms with Crippen molar-refractivity contribution in [3.8, 4) is 0 Å². The number of hydrogen-bond donors (Lipinski definition) is 2. The van der Waals surface area contributed by atoms with E-state index < -0.39 is 0 Å². The molecule has 7 heteroatoms. The predicted octanol–water partition coefficient (Wildman–Crippen LogP) is 2.95. The van der Waals surface area contributed by atoms with Gasteiger partial charge in [0.1, 0.15) is 6.54 Å². The van der Waals surface area contributed by atoms with Crippen molar-refractivity contribution in [2.75, 3.05) is 39.2 Å². The van der Waals surface area contributed by atoms with E-state index in [2.05, 4.69) is 35.7 Å². The molecule has 0 radical (unpaired) electrons. The molecule has 0 aromatic carbocycles. The molecule has 0 aliphatic carbocycles. The first-order chi connectivity index (χ1) is 10.5. The van der Waals surface area contributed by atoms with Crippen molar-refractivity contribution in [1.29, 1.82) is 0 Å². The van der Waals surface area contributed by atoms with Crippen molar-refractivity contribution in [2.45, 2.75) is 52.0 Å². The van der Waals surface area contributed by atoms with Gasteiger partial charge < -0.3 is 15.5 Å². The summed E-state index contributed by atoms with van der Waals surface area (Å²) in [5.41, 5.74) is 0. The number of nitrogens with one attached hydrogen (secondary N) is 2. The summed E-state index contributed by atoms with van der Waals surface area (Å²) in [6.07, 6.45) is 8.13. The average Bonchev–Trinajstić information content (AvgIpc) is 2.50. The Bertz CT molecular complexity index is 327. The largest absolute Gasteiger partial charge is 0.356 e. The summed E-state index contributed by atoms with van der Waals surface area (Å²) in [6.45, 7) is 5.34. The Kier molecular flexibility index (Phi) is 18.2. The second kappa shape index (κ2) is 16.7. The zero-order valence-electron chi connectivity index (χ0n) is 15.4. The van der Waals surface area contributed by atoms with Crippen LogP contribution in [0, 0.1) is 0 Å². The monoisotopic (exact) mass is 458 g/mol. The SMILES string of the molecule is CCC(C)NC(=NCC(=O)N(C)C)NCCCCCCSC.I. The van der Waals surface area contributed by atoms with E-state index in [1.165, 1.54) is 25.0 Å². The number of likely N-dealkylation sites (N-methyl/N-ethyl adjacent to an activating group) is 1. The Labute approximate surface area is 163 Å². The summed E-state index contributed by atoms with van der Waals surface area (Å²) in [6, 6.07) is 0.349. The van der Waals surface area contributed by atoms with Crippen LogP contribution in [0.5, 0.6) is 0 Å². The summed E-state index contributed by atoms with van der Waals surface area (Å²) in [5, 5.41) is 6.67. The summed E-state index contributed by atoms with van der Waals surface area (Å²) < 4.78 is 0. The number of carbonyl (C=O) groups excluding carboxylic acids is 1. The molecular formula is C16H35IN4OS. The fourth-order valence-corrected chi connectivity index (χ4v) is 2.20. The third-order valence-corrected chi connectivity index (χ3v) is 4.13. The predicted molar refractivity (Wildman–Crippen MR) is 114 cm³/mol. The first kappa shape index (κ1) is 25.1. The molecule has 0 aliphatic rings. The molecular weight excluding hydrogens is 423 g/mol. The second-order valence-electron chi connectivity index (χ2n) is 5.74. The molecule has 0 heterocycles. The molecule has 0 aromatic rings. The first-order valence-electron chi connectivity index (χ1n) is 8.25. The molecule has 0 bridgehead atoms. The number of unbranched alkanes of at least 4 members (excludes halogenated alkanes) is 3. The smallest absolute Gasteiger partial charge is 0.243 e. The molecule has 138 valence electrons. The third kappa shape index (κ3) is 15.1. The molecule has 1 amide bonds. The van der Waals surface area contributed by atoms with Crippen molar-refractivity contribution >= 4 is 47.6 Å². The lowest BCUT2D eigenvalue weighted by atomic mass is 10.2. The molecule has 1 unspecified atom stereocenters. The number of thioether (sulfide) groups is 1. The van der Waals surface area contributed by atoms with Crippen LogP contribution in [0.2, 0.25) is 0 Å². The fraction of sp³-hybridized carbons (Fsp3) is 0.875. The number of carbonyl (C=O) groups is 1. The van der Waals surface area contributed by atoms with Crippen molar-refractivity contribution < 1.29 is 4.79 Å². The van der Waals surface area contributed by atoms with E-state index in [1.54, 1.807) is 19.0 Å². The van der Waals surface area contributed by atoms with Crippen LogP contribution in [0.15, 0.2) is 4.99 Å². The molecule has 0 saturated carbocycles. The first-order valence-corrected chi connectivity index (χ1v) is 9.64. The van der Waals surface area contributed by atoms with Crippen molar-refractivity contribution in [2.24, 2.45) is 4.99 Å². The van der Waals surface area contributed by atoms with Crippen LogP contribution in [0.1, 0.15) is 46.0 Å². The van der Waals surface area contributed by atoms with Gasteiger partial charge in [-0.05, 0) is 38.2 Å². The highest BCUT2D eigenvalue weighted by Gasteiger charge is 2.06. The lowest BCUT2D eigenvalue weighted by Gasteiger charge is -2.17. The van der Waals surface area contributed by atoms with Crippen LogP contribution in [0.3, 0.4) is 0 Å². The van der Waals surface area contributed by atoms with E-state index >= 15 is 0 Å². The van der Waals surface area contributed by atoms with E-state index in [0.29, 0.717) is 6.04 Å². The minimum absolute atomic E-state index is 0. The highest BCUT2D eigenvalue weighted by molar-refractivity contribution is 14.0. The van der Waals surface area contributed by atoms with Gasteiger partial charge in [-0.1, -0.05) is 19.8 Å². The summed E-state index contributed by atoms with van der Waals surface area (Å²) in [7, 11) is 3.50. The number of amides is 1. The van der Waals surface area contributed by atoms with Crippen LogP contribution in [-0.4, -0.2) is 62.0 Å². The lowest BCUT2D eigenvalue weighted by molar-refractivity contribution is -0.127. The van der Waals surface area contributed by atoms with Crippen LogP contribution in [0.25, 0.3) is 0 Å². The summed E-state index contributed by atoms with van der Waals surface area (Å²) in [5.74, 6) is 2.01. The number of nitrogens with zero attached hydrogens (tertiary/aromatic N) is 2. The molecule has 23 heavy (non-hydrogen) atoms. The average molecular weight is 458 g/mol. The Morgan fingerprint density at radius 3 is 2.43 bits per heavy atom. The van der Waals surface area contributed by atoms with Gasteiger partial charge in [-0.3, -0.25) is 4.79 Å². The van der Waals surface area contributed by atoms with Gasteiger partial charge in [0, 0.05) is 26.7 Å². The number of rotatable bonds is 11. The number of guanidine groups is 1. The number of halogens is 1. The molecule has 0 fully saturated rings. The summed E-state index contributed by atoms with van der Waals surface area (Å²) in [4.78, 5) is 17.6. The van der Waals surface area contributed by atoms with Gasteiger partial charge in [0.25, 0.3) is 0 Å². The Balaban J connectivity index is 0. The fourth-order valence-electron chi connectivity index (χ4n) is 1.71. The van der Waals surface area contributed by atoms with Crippen molar-refractivity contribution in [3.63, 3.8) is 0 Å². The maximum absolute atomic E-state index is 11.6. The van der Waals surface area contributed by atoms with E-state index in [0.717, 1.165) is 25.3 Å². The van der Waals surface area contributed by atoms with E-state index in [9.17, 15) is 4.79 Å². The molecule has 5 nitrogen and oxygen atoms in total. The summed E-state index contributed by atoms with van der Waals surface area (Å²) >= 11 is 1.91. The van der Waals surface area contributed by atoms with Crippen LogP contribution < -0.4 is 10.6 Å². The molecule has 0 spiro atoms.